The number of rotatable bonds is 4. The minimum absolute atomic E-state index is 0. The van der Waals surface area contributed by atoms with E-state index >= 15 is 0 Å². The molecule has 2 aromatic rings. The molecule has 0 radical (unpaired) electrons. The molecule has 0 saturated carbocycles. The van der Waals surface area contributed by atoms with E-state index in [-0.39, 0.29) is 30.7 Å². The molecule has 4 N–H and O–H groups in total. The predicted molar refractivity (Wildman–Crippen MR) is 70.0 cm³/mol. The maximum absolute atomic E-state index is 11.9. The van der Waals surface area contributed by atoms with Crippen molar-refractivity contribution >= 4 is 5.97 Å². The van der Waals surface area contributed by atoms with Gasteiger partial charge in [0.15, 0.2) is 0 Å². The number of ether oxygens (including phenoxy) is 1. The van der Waals surface area contributed by atoms with E-state index < -0.39 is 6.04 Å². The van der Waals surface area contributed by atoms with Crippen LogP contribution in [0.15, 0.2) is 54.6 Å². The number of halogens is 1. The molecule has 0 unspecified atom stereocenters. The molecule has 1 atom stereocenters. The van der Waals surface area contributed by atoms with Gasteiger partial charge in [-0.05, 0) is 29.8 Å². The second-order valence-electron chi connectivity index (χ2n) is 4.24. The third-order valence-corrected chi connectivity index (χ3v) is 2.80. The van der Waals surface area contributed by atoms with Crippen molar-refractivity contribution in [2.24, 2.45) is 0 Å². The predicted octanol–water partition coefficient (Wildman–Crippen LogP) is -1.58. The van der Waals surface area contributed by atoms with E-state index in [9.17, 15) is 9.90 Å². The Morgan fingerprint density at radius 3 is 2.30 bits per heavy atom. The molecule has 0 heterocycles. The zero-order valence-corrected chi connectivity index (χ0v) is 11.6. The zero-order valence-electron chi connectivity index (χ0n) is 10.8. The van der Waals surface area contributed by atoms with Gasteiger partial charge in [0.05, 0.1) is 0 Å². The Hall–Kier alpha value is -2.04. The summed E-state index contributed by atoms with van der Waals surface area (Å²) in [4.78, 5) is 11.9. The quantitative estimate of drug-likeness (QED) is 0.669. The summed E-state index contributed by atoms with van der Waals surface area (Å²) in [6, 6.07) is 15.3. The summed E-state index contributed by atoms with van der Waals surface area (Å²) >= 11 is 0. The van der Waals surface area contributed by atoms with Crippen LogP contribution in [-0.4, -0.2) is 11.1 Å². The molecule has 0 fully saturated rings. The minimum atomic E-state index is -0.593. The van der Waals surface area contributed by atoms with Gasteiger partial charge in [-0.15, -0.1) is 0 Å². The fraction of sp³-hybridized carbons (Fsp3) is 0.133. The normalized spacial score (nSPS) is 11.2. The molecule has 4 nitrogen and oxygen atoms in total. The lowest BCUT2D eigenvalue weighted by Gasteiger charge is -2.09. The zero-order chi connectivity index (χ0) is 13.7. The van der Waals surface area contributed by atoms with Gasteiger partial charge >= 0.3 is 5.97 Å². The number of carbonyl (C=O) groups excluding carboxylic acids is 1. The van der Waals surface area contributed by atoms with Gasteiger partial charge in [-0.2, -0.15) is 0 Å². The average Bonchev–Trinajstić information content (AvgIpc) is 2.46. The van der Waals surface area contributed by atoms with Gasteiger partial charge in [0.25, 0.3) is 0 Å². The van der Waals surface area contributed by atoms with Crippen molar-refractivity contribution in [3.8, 4) is 5.75 Å². The number of quaternary nitrogens is 1. The van der Waals surface area contributed by atoms with Gasteiger partial charge in [-0.1, -0.05) is 30.3 Å². The van der Waals surface area contributed by atoms with E-state index in [1.54, 1.807) is 12.1 Å². The van der Waals surface area contributed by atoms with E-state index in [0.717, 1.165) is 11.1 Å². The molecule has 0 spiro atoms. The molecule has 2 aromatic carbocycles. The largest absolute Gasteiger partial charge is 1.00 e. The number of aromatic hydroxyl groups is 1. The lowest BCUT2D eigenvalue weighted by molar-refractivity contribution is -0.414. The van der Waals surface area contributed by atoms with Crippen molar-refractivity contribution in [2.45, 2.75) is 12.6 Å². The first-order valence-corrected chi connectivity index (χ1v) is 5.99. The molecule has 0 saturated heterocycles. The Morgan fingerprint density at radius 2 is 1.70 bits per heavy atom. The van der Waals surface area contributed by atoms with Crippen molar-refractivity contribution in [2.75, 3.05) is 0 Å². The fourth-order valence-electron chi connectivity index (χ4n) is 1.67. The number of hydrogen-bond donors (Lipinski definition) is 2. The van der Waals surface area contributed by atoms with Crippen molar-refractivity contribution in [1.82, 2.24) is 0 Å². The van der Waals surface area contributed by atoms with E-state index in [1.165, 1.54) is 12.1 Å². The highest BCUT2D eigenvalue weighted by molar-refractivity contribution is 5.75. The van der Waals surface area contributed by atoms with Crippen LogP contribution in [0.3, 0.4) is 0 Å². The summed E-state index contributed by atoms with van der Waals surface area (Å²) in [6.07, 6.45) is 0. The van der Waals surface area contributed by atoms with E-state index in [2.05, 4.69) is 5.73 Å². The molecule has 5 heteroatoms. The molecule has 0 amide bonds. The maximum atomic E-state index is 11.9. The molecule has 106 valence electrons. The van der Waals surface area contributed by atoms with Gasteiger partial charge < -0.3 is 28.0 Å². The number of benzene rings is 2. The molecule has 0 aromatic heterocycles. The van der Waals surface area contributed by atoms with Crippen LogP contribution in [0.5, 0.6) is 5.75 Å². The molecule has 0 aliphatic heterocycles. The van der Waals surface area contributed by atoms with Crippen molar-refractivity contribution in [3.63, 3.8) is 0 Å². The second kappa shape index (κ2) is 7.53. The highest BCUT2D eigenvalue weighted by atomic mass is 35.5. The van der Waals surface area contributed by atoms with Crippen LogP contribution >= 0.6 is 0 Å². The van der Waals surface area contributed by atoms with Gasteiger partial charge in [-0.25, -0.2) is 4.79 Å². The van der Waals surface area contributed by atoms with Crippen molar-refractivity contribution in [3.05, 3.63) is 65.7 Å². The van der Waals surface area contributed by atoms with Crippen LogP contribution in [0.25, 0.3) is 0 Å². The first kappa shape index (κ1) is 16.0. The molecule has 0 bridgehead atoms. The Kier molecular flexibility index (Phi) is 6.03. The minimum Gasteiger partial charge on any atom is -1.00 e. The smallest absolute Gasteiger partial charge is 0.370 e. The van der Waals surface area contributed by atoms with Crippen LogP contribution in [0.2, 0.25) is 0 Å². The Labute approximate surface area is 123 Å². The van der Waals surface area contributed by atoms with Gasteiger partial charge in [0.2, 0.25) is 6.04 Å². The number of hydrogen-bond acceptors (Lipinski definition) is 3. The summed E-state index contributed by atoms with van der Waals surface area (Å²) in [5, 5.41) is 9.19. The van der Waals surface area contributed by atoms with Gasteiger partial charge in [0.1, 0.15) is 12.4 Å². The molecular formula is C15H16ClNO3. The highest BCUT2D eigenvalue weighted by Gasteiger charge is 2.21. The maximum Gasteiger partial charge on any atom is 0.370 e. The summed E-state index contributed by atoms with van der Waals surface area (Å²) in [5.41, 5.74) is 5.45. The van der Waals surface area contributed by atoms with E-state index in [1.807, 2.05) is 30.3 Å². The third-order valence-electron chi connectivity index (χ3n) is 2.80. The SMILES string of the molecule is [Cl-].[NH3+][C@@H](C(=O)OCc1ccccc1)c1ccc(O)cc1. The lowest BCUT2D eigenvalue weighted by Crippen LogP contribution is -3.00. The average molecular weight is 294 g/mol. The number of esters is 1. The van der Waals surface area contributed by atoms with Crippen LogP contribution in [0, 0.1) is 0 Å². The molecular weight excluding hydrogens is 278 g/mol. The molecule has 0 aliphatic carbocycles. The first-order chi connectivity index (χ1) is 9.16. The Morgan fingerprint density at radius 1 is 1.10 bits per heavy atom. The Bertz CT molecular complexity index is 543. The lowest BCUT2D eigenvalue weighted by atomic mass is 10.1. The summed E-state index contributed by atoms with van der Waals surface area (Å²) in [6.45, 7) is 0.240. The standard InChI is InChI=1S/C15H15NO3.ClH/c16-14(12-6-8-13(17)9-7-12)15(18)19-10-11-4-2-1-3-5-11;/h1-9,14,17H,10,16H2;1H/t14-;/m1./s1. The number of carbonyl (C=O) groups is 1. The number of phenols is 1. The summed E-state index contributed by atoms with van der Waals surface area (Å²) in [7, 11) is 0. The third kappa shape index (κ3) is 4.26. The first-order valence-electron chi connectivity index (χ1n) is 5.99. The van der Waals surface area contributed by atoms with Crippen molar-refractivity contribution in [1.29, 1.82) is 0 Å². The summed E-state index contributed by atoms with van der Waals surface area (Å²) in [5.74, 6) is -0.219. The van der Waals surface area contributed by atoms with Gasteiger partial charge in [-0.3, -0.25) is 0 Å². The van der Waals surface area contributed by atoms with Gasteiger partial charge in [0, 0.05) is 5.56 Å². The molecule has 2 rings (SSSR count). The van der Waals surface area contributed by atoms with Crippen LogP contribution in [0.4, 0.5) is 0 Å². The Balaban J connectivity index is 0.00000200. The van der Waals surface area contributed by atoms with E-state index in [0.29, 0.717) is 0 Å². The highest BCUT2D eigenvalue weighted by Crippen LogP contribution is 2.15. The van der Waals surface area contributed by atoms with Crippen LogP contribution < -0.4 is 18.1 Å². The molecule has 20 heavy (non-hydrogen) atoms. The number of phenolic OH excluding ortho intramolecular Hbond substituents is 1. The van der Waals surface area contributed by atoms with Crippen LogP contribution in [-0.2, 0) is 16.1 Å². The fourth-order valence-corrected chi connectivity index (χ4v) is 1.67. The molecule has 0 aliphatic rings. The van der Waals surface area contributed by atoms with Crippen molar-refractivity contribution < 1.29 is 32.8 Å². The summed E-state index contributed by atoms with van der Waals surface area (Å²) < 4.78 is 5.21. The monoisotopic (exact) mass is 293 g/mol. The van der Waals surface area contributed by atoms with E-state index in [4.69, 9.17) is 4.74 Å². The van der Waals surface area contributed by atoms with Crippen LogP contribution in [0.1, 0.15) is 17.2 Å². The second-order valence-corrected chi connectivity index (χ2v) is 4.24. The topological polar surface area (TPSA) is 74.2 Å².